The minimum Gasteiger partial charge on any atom is -0.310 e. The first-order valence-corrected chi connectivity index (χ1v) is 37.8. The summed E-state index contributed by atoms with van der Waals surface area (Å²) in [6.07, 6.45) is 0. The summed E-state index contributed by atoms with van der Waals surface area (Å²) < 4.78 is 5.20. The fraction of sp³-hybridized carbons (Fsp3) is 0.220. The molecule has 0 bridgehead atoms. The molecule has 4 nitrogen and oxygen atoms in total. The third-order valence-electron chi connectivity index (χ3n) is 23.0. The topological polar surface area (TPSA) is 16.3 Å². The summed E-state index contributed by atoms with van der Waals surface area (Å²) in [6.45, 7) is 39.9. The van der Waals surface area contributed by atoms with E-state index in [0.717, 1.165) is 56.1 Å². The smallest absolute Gasteiger partial charge is 0.252 e. The van der Waals surface area contributed by atoms with E-state index in [9.17, 15) is 0 Å². The second-order valence-corrected chi connectivity index (χ2v) is 35.1. The van der Waals surface area contributed by atoms with E-state index in [0.29, 0.717) is 0 Å². The third kappa shape index (κ3) is 11.2. The van der Waals surface area contributed by atoms with Crippen LogP contribution in [-0.2, 0) is 27.1 Å². The Morgan fingerprint density at radius 3 is 0.829 bits per heavy atom. The van der Waals surface area contributed by atoms with Gasteiger partial charge in [0.2, 0.25) is 0 Å². The highest BCUT2D eigenvalue weighted by Crippen LogP contribution is 2.54. The van der Waals surface area contributed by atoms with Crippen LogP contribution in [0.2, 0.25) is 0 Å². The number of nitrogens with zero attached hydrogens (tertiary/aromatic N) is 4. The molecule has 15 aromatic rings. The summed E-state index contributed by atoms with van der Waals surface area (Å²) >= 11 is 0. The lowest BCUT2D eigenvalue weighted by Gasteiger charge is -2.47. The van der Waals surface area contributed by atoms with Crippen LogP contribution in [-0.4, -0.2) is 15.8 Å². The predicted octanol–water partition coefficient (Wildman–Crippen LogP) is 25.7. The monoisotopic (exact) mass is 1360 g/mol. The maximum absolute atomic E-state index is 2.73. The highest BCUT2D eigenvalue weighted by atomic mass is 15.2. The fourth-order valence-electron chi connectivity index (χ4n) is 17.1. The van der Waals surface area contributed by atoms with Gasteiger partial charge in [-0.1, -0.05) is 286 Å². The molecule has 518 valence electrons. The Balaban J connectivity index is 1.04. The van der Waals surface area contributed by atoms with E-state index >= 15 is 0 Å². The van der Waals surface area contributed by atoms with Gasteiger partial charge in [-0.2, -0.15) is 0 Å². The van der Waals surface area contributed by atoms with Crippen molar-refractivity contribution in [1.29, 1.82) is 0 Å². The first kappa shape index (κ1) is 67.3. The number of fused-ring (bicyclic) bond motifs is 10. The maximum atomic E-state index is 2.73. The van der Waals surface area contributed by atoms with E-state index in [1.54, 1.807) is 0 Å². The molecule has 0 unspecified atom stereocenters. The Kier molecular flexibility index (Phi) is 15.6. The fourth-order valence-corrected chi connectivity index (χ4v) is 17.1. The molecule has 13 aromatic carbocycles. The van der Waals surface area contributed by atoms with Gasteiger partial charge >= 0.3 is 0 Å². The Bertz CT molecular complexity index is 5490. The number of anilines is 6. The van der Waals surface area contributed by atoms with Crippen LogP contribution in [0.1, 0.15) is 143 Å². The Morgan fingerprint density at radius 2 is 0.533 bits per heavy atom. The minimum atomic E-state index is -0.309. The van der Waals surface area contributed by atoms with Crippen molar-refractivity contribution in [3.8, 4) is 55.9 Å². The van der Waals surface area contributed by atoms with Crippen LogP contribution in [0.25, 0.3) is 99.5 Å². The molecule has 0 radical (unpaired) electrons. The summed E-state index contributed by atoms with van der Waals surface area (Å²) in [6, 6.07) is 103. The molecule has 0 spiro atoms. The first-order chi connectivity index (χ1) is 50.1. The zero-order valence-corrected chi connectivity index (χ0v) is 64.3. The number of rotatable bonds is 8. The Hall–Kier alpha value is -10.9. The van der Waals surface area contributed by atoms with Gasteiger partial charge in [-0.3, -0.25) is 0 Å². The summed E-state index contributed by atoms with van der Waals surface area (Å²) in [5.74, 6) is 0. The SMILES string of the molecule is Cc1c(-n2c3ccc(C(C)(C)C)cc3c3cc(C(C)(C)C)ccc32)ccc2c1N(c1cc(-c3ccccc3)ccc1-c1ccccc1)c1cc(C(C)(C)C)cc3c1B2c1ccc(-n2c4ccc(C(C)(C)C)cc4c4cc(C(C)(C)C)ccc42)c(C)c1N3c1cc(-c2ccccc2)ccc1-c1ccccc1. The summed E-state index contributed by atoms with van der Waals surface area (Å²) in [4.78, 5) is 5.46. The second kappa shape index (κ2) is 24.4. The zero-order chi connectivity index (χ0) is 73.1. The van der Waals surface area contributed by atoms with Crippen molar-refractivity contribution >= 4 is 101 Å². The van der Waals surface area contributed by atoms with E-state index in [1.807, 2.05) is 0 Å². The number of hydrogen-bond donors (Lipinski definition) is 0. The molecular formula is C100H95BN4. The summed E-state index contributed by atoms with van der Waals surface area (Å²) in [5, 5.41) is 5.09. The van der Waals surface area contributed by atoms with Crippen molar-refractivity contribution in [1.82, 2.24) is 9.13 Å². The van der Waals surface area contributed by atoms with E-state index in [2.05, 4.69) is 404 Å². The van der Waals surface area contributed by atoms with E-state index < -0.39 is 0 Å². The van der Waals surface area contributed by atoms with Crippen LogP contribution in [0.5, 0.6) is 0 Å². The molecule has 105 heavy (non-hydrogen) atoms. The minimum absolute atomic E-state index is 0.0516. The average Bonchev–Trinajstić information content (AvgIpc) is 1.15. The Morgan fingerprint density at radius 1 is 0.238 bits per heavy atom. The standard InChI is InChI=1S/C100H95BN4/c1-62-83(102-85-48-40-70(96(3,4)5)56-77(85)78-57-71(97(6,7)8)41-49-86(78)102)52-46-81-94(62)104(89-54-68(64-30-22-18-23-31-64)38-44-75(89)66-34-26-20-27-35-66)91-60-74(100(15,16)17)61-92-93(91)101(81)82-47-53-84(103-87-50-42-72(98(9,10)11)58-79(87)80-59-73(99(12,13)14)43-51-88(80)103)63(2)95(82)105(92)90-55-69(65-32-24-19-25-33-65)39-45-76(90)67-36-28-21-29-37-67/h18-61H,1-17H3. The van der Waals surface area contributed by atoms with E-state index in [1.165, 1.54) is 133 Å². The van der Waals surface area contributed by atoms with Gasteiger partial charge in [-0.15, -0.1) is 0 Å². The van der Waals surface area contributed by atoms with Crippen LogP contribution in [0.4, 0.5) is 34.1 Å². The first-order valence-electron chi connectivity index (χ1n) is 37.8. The van der Waals surface area contributed by atoms with Gasteiger partial charge in [0.25, 0.3) is 6.71 Å². The molecule has 4 heterocycles. The molecule has 0 atom stereocenters. The normalized spacial score (nSPS) is 13.3. The van der Waals surface area contributed by atoms with Crippen LogP contribution in [0, 0.1) is 13.8 Å². The Labute approximate surface area is 622 Å². The molecular weight excluding hydrogens is 1270 g/mol. The molecule has 2 aromatic heterocycles. The molecule has 0 aliphatic carbocycles. The van der Waals surface area contributed by atoms with Gasteiger partial charge in [-0.05, 0) is 215 Å². The van der Waals surface area contributed by atoms with Crippen LogP contribution >= 0.6 is 0 Å². The molecule has 2 aliphatic heterocycles. The summed E-state index contributed by atoms with van der Waals surface area (Å²) in [7, 11) is 0. The van der Waals surface area contributed by atoms with Gasteiger partial charge in [0.1, 0.15) is 0 Å². The summed E-state index contributed by atoms with van der Waals surface area (Å²) in [5.41, 5.74) is 35.6. The lowest BCUT2D eigenvalue weighted by Crippen LogP contribution is -2.62. The van der Waals surface area contributed by atoms with Crippen molar-refractivity contribution in [2.75, 3.05) is 9.80 Å². The highest BCUT2D eigenvalue weighted by molar-refractivity contribution is 7.00. The maximum Gasteiger partial charge on any atom is 0.252 e. The van der Waals surface area contributed by atoms with Crippen LogP contribution in [0.15, 0.2) is 267 Å². The second-order valence-electron chi connectivity index (χ2n) is 35.1. The lowest BCUT2D eigenvalue weighted by atomic mass is 9.33. The molecule has 0 saturated carbocycles. The van der Waals surface area contributed by atoms with Gasteiger partial charge < -0.3 is 18.9 Å². The van der Waals surface area contributed by atoms with Gasteiger partial charge in [0.05, 0.1) is 44.8 Å². The van der Waals surface area contributed by atoms with Crippen molar-refractivity contribution in [3.05, 3.63) is 306 Å². The van der Waals surface area contributed by atoms with Crippen molar-refractivity contribution in [2.24, 2.45) is 0 Å². The molecule has 17 rings (SSSR count). The molecule has 2 aliphatic rings. The number of benzene rings is 13. The molecule has 0 saturated heterocycles. The average molecular weight is 1360 g/mol. The van der Waals surface area contributed by atoms with Gasteiger partial charge in [0.15, 0.2) is 0 Å². The van der Waals surface area contributed by atoms with Gasteiger partial charge in [0, 0.05) is 55.4 Å². The lowest BCUT2D eigenvalue weighted by molar-refractivity contribution is 0.590. The van der Waals surface area contributed by atoms with Crippen LogP contribution < -0.4 is 26.2 Å². The number of hydrogen-bond acceptors (Lipinski definition) is 2. The van der Waals surface area contributed by atoms with Gasteiger partial charge in [-0.25, -0.2) is 0 Å². The highest BCUT2D eigenvalue weighted by Gasteiger charge is 2.47. The largest absolute Gasteiger partial charge is 0.310 e. The van der Waals surface area contributed by atoms with Crippen molar-refractivity contribution in [3.63, 3.8) is 0 Å². The molecule has 5 heteroatoms. The molecule has 0 amide bonds. The van der Waals surface area contributed by atoms with Crippen molar-refractivity contribution in [2.45, 2.75) is 145 Å². The van der Waals surface area contributed by atoms with E-state index in [4.69, 9.17) is 0 Å². The van der Waals surface area contributed by atoms with Crippen molar-refractivity contribution < 1.29 is 0 Å². The van der Waals surface area contributed by atoms with Crippen LogP contribution in [0.3, 0.4) is 0 Å². The predicted molar refractivity (Wildman–Crippen MR) is 454 cm³/mol. The molecule has 0 fully saturated rings. The third-order valence-corrected chi connectivity index (χ3v) is 23.0. The quantitative estimate of drug-likeness (QED) is 0.141. The molecule has 0 N–H and O–H groups in total. The zero-order valence-electron chi connectivity index (χ0n) is 64.3. The van der Waals surface area contributed by atoms with E-state index in [-0.39, 0.29) is 33.8 Å². The number of aromatic nitrogens is 2.